The Morgan fingerprint density at radius 2 is 2.20 bits per heavy atom. The number of carbonyl (C=O) groups excluding carboxylic acids is 1. The Balaban J connectivity index is 2.45. The van der Waals surface area contributed by atoms with Crippen LogP contribution in [0.5, 0.6) is 0 Å². The van der Waals surface area contributed by atoms with E-state index in [9.17, 15) is 10.1 Å². The molecule has 0 aromatic rings. The van der Waals surface area contributed by atoms with Gasteiger partial charge < -0.3 is 0 Å². The van der Waals surface area contributed by atoms with E-state index in [1.807, 2.05) is 20.8 Å². The molecule has 2 aliphatic rings. The lowest BCUT2D eigenvalue weighted by Gasteiger charge is -2.55. The number of carbonyl (C=O) groups is 1. The molecule has 1 saturated carbocycles. The number of rotatable bonds is 0. The maximum absolute atomic E-state index is 12.1. The van der Waals surface area contributed by atoms with Gasteiger partial charge in [0.15, 0.2) is 5.78 Å². The monoisotopic (exact) mass is 203 g/mol. The van der Waals surface area contributed by atoms with Gasteiger partial charge in [0.05, 0.1) is 6.07 Å². The van der Waals surface area contributed by atoms with E-state index in [-0.39, 0.29) is 23.0 Å². The Kier molecular flexibility index (Phi) is 2.05. The van der Waals surface area contributed by atoms with E-state index in [1.165, 1.54) is 0 Å². The van der Waals surface area contributed by atoms with Crippen LogP contribution in [-0.4, -0.2) is 5.78 Å². The Labute approximate surface area is 91.0 Å². The van der Waals surface area contributed by atoms with E-state index in [1.54, 1.807) is 0 Å². The number of nitrogens with zero attached hydrogens (tertiary/aromatic N) is 1. The second kappa shape index (κ2) is 2.95. The molecule has 0 spiro atoms. The van der Waals surface area contributed by atoms with Crippen LogP contribution in [0.1, 0.15) is 33.6 Å². The Morgan fingerprint density at radius 3 is 2.73 bits per heavy atom. The van der Waals surface area contributed by atoms with Gasteiger partial charge in [-0.2, -0.15) is 5.26 Å². The van der Waals surface area contributed by atoms with E-state index in [0.29, 0.717) is 0 Å². The lowest BCUT2D eigenvalue weighted by Crippen LogP contribution is -2.62. The van der Waals surface area contributed by atoms with E-state index in [0.717, 1.165) is 12.8 Å². The predicted molar refractivity (Wildman–Crippen MR) is 57.9 cm³/mol. The van der Waals surface area contributed by atoms with Crippen LogP contribution in [0, 0.1) is 34.0 Å². The molecule has 0 unspecified atom stereocenters. The summed E-state index contributed by atoms with van der Waals surface area (Å²) in [7, 11) is 0. The zero-order chi connectivity index (χ0) is 11.3. The molecule has 0 aliphatic heterocycles. The molecule has 2 rings (SSSR count). The van der Waals surface area contributed by atoms with E-state index in [2.05, 4.69) is 18.2 Å². The molecule has 2 aliphatic carbocycles. The largest absolute Gasteiger partial charge is 0.298 e. The molecule has 0 aromatic heterocycles. The van der Waals surface area contributed by atoms with Crippen molar-refractivity contribution in [2.45, 2.75) is 33.6 Å². The number of hydrogen-bond donors (Lipinski definition) is 0. The molecular weight excluding hydrogens is 186 g/mol. The van der Waals surface area contributed by atoms with E-state index >= 15 is 0 Å². The maximum atomic E-state index is 12.1. The number of allylic oxidation sites excluding steroid dienone is 2. The van der Waals surface area contributed by atoms with Crippen LogP contribution in [0.15, 0.2) is 12.2 Å². The standard InChI is InChI=1S/C13H17NO/c1-12(2,3)13(8-14)10-7-5-4-6-9(10)11(13)15/h5,7,9-10H,4,6H2,1-3H3/t9-,10+,13+/m1/s1. The summed E-state index contributed by atoms with van der Waals surface area (Å²) in [6.07, 6.45) is 6.12. The predicted octanol–water partition coefficient (Wildman–Crippen LogP) is 2.71. The van der Waals surface area contributed by atoms with Crippen molar-refractivity contribution in [3.8, 4) is 6.07 Å². The van der Waals surface area contributed by atoms with Crippen LogP contribution in [0.2, 0.25) is 0 Å². The molecule has 0 aromatic carbocycles. The van der Waals surface area contributed by atoms with Gasteiger partial charge >= 0.3 is 0 Å². The summed E-state index contributed by atoms with van der Waals surface area (Å²) >= 11 is 0. The fraction of sp³-hybridized carbons (Fsp3) is 0.692. The molecule has 0 bridgehead atoms. The normalized spacial score (nSPS) is 39.2. The van der Waals surface area contributed by atoms with Gasteiger partial charge in [0.25, 0.3) is 0 Å². The van der Waals surface area contributed by atoms with Gasteiger partial charge in [0.1, 0.15) is 5.41 Å². The lowest BCUT2D eigenvalue weighted by atomic mass is 9.43. The summed E-state index contributed by atoms with van der Waals surface area (Å²) in [5.41, 5.74) is -1.03. The zero-order valence-corrected chi connectivity index (χ0v) is 9.58. The Hall–Kier alpha value is -1.10. The highest BCUT2D eigenvalue weighted by molar-refractivity contribution is 5.98. The molecule has 0 amide bonds. The third-order valence-corrected chi connectivity index (χ3v) is 4.01. The molecule has 0 heterocycles. The van der Waals surface area contributed by atoms with Crippen LogP contribution in [0.3, 0.4) is 0 Å². The van der Waals surface area contributed by atoms with Gasteiger partial charge in [0, 0.05) is 11.8 Å². The van der Waals surface area contributed by atoms with E-state index in [4.69, 9.17) is 0 Å². The van der Waals surface area contributed by atoms with Gasteiger partial charge in [-0.3, -0.25) is 4.79 Å². The van der Waals surface area contributed by atoms with Gasteiger partial charge in [-0.1, -0.05) is 32.9 Å². The second-order valence-corrected chi connectivity index (χ2v) is 5.67. The molecule has 80 valence electrons. The summed E-state index contributed by atoms with van der Waals surface area (Å²) < 4.78 is 0. The Morgan fingerprint density at radius 1 is 1.53 bits per heavy atom. The van der Waals surface area contributed by atoms with Crippen LogP contribution < -0.4 is 0 Å². The molecule has 0 radical (unpaired) electrons. The molecule has 3 atom stereocenters. The topological polar surface area (TPSA) is 40.9 Å². The average Bonchev–Trinajstić information content (AvgIpc) is 2.16. The molecule has 1 fully saturated rings. The maximum Gasteiger partial charge on any atom is 0.157 e. The van der Waals surface area contributed by atoms with Crippen LogP contribution in [0.25, 0.3) is 0 Å². The first kappa shape index (κ1) is 10.4. The van der Waals surface area contributed by atoms with Gasteiger partial charge in [-0.05, 0) is 18.3 Å². The summed E-state index contributed by atoms with van der Waals surface area (Å²) in [6, 6.07) is 2.30. The molecular formula is C13H17NO. The van der Waals surface area contributed by atoms with Crippen molar-refractivity contribution >= 4 is 5.78 Å². The first-order valence-electron chi connectivity index (χ1n) is 5.57. The molecule has 0 N–H and O–H groups in total. The zero-order valence-electron chi connectivity index (χ0n) is 9.58. The van der Waals surface area contributed by atoms with Crippen molar-refractivity contribution in [3.63, 3.8) is 0 Å². The summed E-state index contributed by atoms with van der Waals surface area (Å²) in [5, 5.41) is 9.38. The highest BCUT2D eigenvalue weighted by Gasteiger charge is 2.66. The number of nitriles is 1. The van der Waals surface area contributed by atoms with Gasteiger partial charge in [-0.25, -0.2) is 0 Å². The van der Waals surface area contributed by atoms with Crippen molar-refractivity contribution in [1.82, 2.24) is 0 Å². The van der Waals surface area contributed by atoms with Crippen molar-refractivity contribution in [3.05, 3.63) is 12.2 Å². The van der Waals surface area contributed by atoms with Crippen LogP contribution in [0.4, 0.5) is 0 Å². The molecule has 15 heavy (non-hydrogen) atoms. The molecule has 2 nitrogen and oxygen atoms in total. The third kappa shape index (κ3) is 1.07. The number of Topliss-reactive ketones (excluding diaryl/α,β-unsaturated/α-hetero) is 1. The van der Waals surface area contributed by atoms with Crippen LogP contribution in [-0.2, 0) is 4.79 Å². The lowest BCUT2D eigenvalue weighted by molar-refractivity contribution is -0.158. The fourth-order valence-electron chi connectivity index (χ4n) is 3.10. The smallest absolute Gasteiger partial charge is 0.157 e. The first-order chi connectivity index (χ1) is 6.95. The van der Waals surface area contributed by atoms with Crippen molar-refractivity contribution in [1.29, 1.82) is 5.26 Å². The summed E-state index contributed by atoms with van der Waals surface area (Å²) in [6.45, 7) is 5.98. The SMILES string of the molecule is CC(C)(C)[C@]1(C#N)C(=O)[C@@H]2CCC=C[C@@H]21. The van der Waals surface area contributed by atoms with Crippen molar-refractivity contribution in [2.75, 3.05) is 0 Å². The first-order valence-corrected chi connectivity index (χ1v) is 5.57. The minimum atomic E-state index is -0.769. The highest BCUT2D eigenvalue weighted by Crippen LogP contribution is 2.60. The fourth-order valence-corrected chi connectivity index (χ4v) is 3.10. The second-order valence-electron chi connectivity index (χ2n) is 5.67. The number of ketones is 1. The molecule has 0 saturated heterocycles. The minimum absolute atomic E-state index is 0.119. The summed E-state index contributed by atoms with van der Waals surface area (Å²) in [4.78, 5) is 12.1. The van der Waals surface area contributed by atoms with E-state index < -0.39 is 5.41 Å². The highest BCUT2D eigenvalue weighted by atomic mass is 16.1. The molecule has 2 heteroatoms. The summed E-state index contributed by atoms with van der Waals surface area (Å²) in [5.74, 6) is 0.449. The van der Waals surface area contributed by atoms with Crippen molar-refractivity contribution in [2.24, 2.45) is 22.7 Å². The number of fused-ring (bicyclic) bond motifs is 1. The van der Waals surface area contributed by atoms with Gasteiger partial charge in [0.2, 0.25) is 0 Å². The number of hydrogen-bond acceptors (Lipinski definition) is 2. The van der Waals surface area contributed by atoms with Gasteiger partial charge in [-0.15, -0.1) is 0 Å². The third-order valence-electron chi connectivity index (χ3n) is 4.01. The minimum Gasteiger partial charge on any atom is -0.298 e. The van der Waals surface area contributed by atoms with Crippen LogP contribution >= 0.6 is 0 Å². The quantitative estimate of drug-likeness (QED) is 0.568. The van der Waals surface area contributed by atoms with Crippen molar-refractivity contribution < 1.29 is 4.79 Å². The Bertz CT molecular complexity index is 369. The average molecular weight is 203 g/mol.